The second-order valence-corrected chi connectivity index (χ2v) is 14.8. The van der Waals surface area contributed by atoms with Crippen molar-refractivity contribution in [2.24, 2.45) is 0 Å². The second kappa shape index (κ2) is 37.7. The second-order valence-electron chi connectivity index (χ2n) is 12.0. The number of rotatable bonds is 0. The summed E-state index contributed by atoms with van der Waals surface area (Å²) in [5.41, 5.74) is 6.36. The highest BCUT2D eigenvalue weighted by atomic mass is 32.1. The van der Waals surface area contributed by atoms with Gasteiger partial charge in [-0.3, -0.25) is 10.2 Å². The van der Waals surface area contributed by atoms with Crippen LogP contribution in [0.2, 0.25) is 0 Å². The van der Waals surface area contributed by atoms with E-state index in [2.05, 4.69) is 145 Å². The molecule has 0 atom stereocenters. The van der Waals surface area contributed by atoms with Crippen LogP contribution in [0.1, 0.15) is 61.6 Å². The Kier molecular flexibility index (Phi) is 32.2. The molecule has 0 bridgehead atoms. The Morgan fingerprint density at radius 1 is 0.621 bits per heavy atom. The van der Waals surface area contributed by atoms with Crippen LogP contribution in [-0.4, -0.2) is 96.0 Å². The van der Waals surface area contributed by atoms with Gasteiger partial charge in [-0.05, 0) is 119 Å². The summed E-state index contributed by atoms with van der Waals surface area (Å²) in [4.78, 5) is 17.9. The van der Waals surface area contributed by atoms with Crippen molar-refractivity contribution in [1.29, 1.82) is 0 Å². The number of aromatic nitrogens is 19. The average Bonchev–Trinajstić information content (AvgIpc) is 4.13. The minimum atomic E-state index is 0.606. The number of aromatic amines is 3. The van der Waals surface area contributed by atoms with Gasteiger partial charge in [0.2, 0.25) is 18.2 Å². The van der Waals surface area contributed by atoms with Crippen molar-refractivity contribution in [3.8, 4) is 0 Å². The van der Waals surface area contributed by atoms with Crippen LogP contribution in [0, 0.1) is 76.2 Å². The third kappa shape index (κ3) is 35.8. The molecule has 0 fully saturated rings. The molecule has 0 saturated heterocycles. The van der Waals surface area contributed by atoms with E-state index < -0.39 is 0 Å². The Morgan fingerprint density at radius 3 is 1.53 bits per heavy atom. The molecule has 0 aromatic carbocycles. The summed E-state index contributed by atoms with van der Waals surface area (Å²) in [6, 6.07) is 6.05. The first-order valence-electron chi connectivity index (χ1n) is 18.9. The Bertz CT molecular complexity index is 1850. The van der Waals surface area contributed by atoms with Crippen LogP contribution < -0.4 is 0 Å². The van der Waals surface area contributed by atoms with Gasteiger partial charge in [0.1, 0.15) is 58.1 Å². The van der Waals surface area contributed by atoms with E-state index in [0.29, 0.717) is 11.8 Å². The predicted molar refractivity (Wildman–Crippen MR) is 246 cm³/mol. The maximum absolute atomic E-state index is 4.71. The van der Waals surface area contributed by atoms with Crippen LogP contribution in [0.3, 0.4) is 0 Å². The van der Waals surface area contributed by atoms with E-state index in [1.807, 2.05) is 66.1 Å². The van der Waals surface area contributed by atoms with Crippen molar-refractivity contribution in [3.63, 3.8) is 0 Å². The zero-order valence-electron chi connectivity index (χ0n) is 38.2. The number of hydrogen-bond donors (Lipinski definition) is 3. The van der Waals surface area contributed by atoms with Crippen LogP contribution >= 0.6 is 34.2 Å². The first-order valence-corrected chi connectivity index (χ1v) is 21.5. The summed E-state index contributed by atoms with van der Waals surface area (Å²) >= 11 is 4.71. The van der Waals surface area contributed by atoms with Gasteiger partial charge >= 0.3 is 0 Å². The maximum atomic E-state index is 4.71. The number of thiophene rings is 1. The molecule has 11 aromatic rings. The molecule has 11 aromatic heterocycles. The molecule has 27 heteroatoms. The summed E-state index contributed by atoms with van der Waals surface area (Å²) in [6.07, 6.45) is 17.5. The molecule has 0 radical (unpaired) electrons. The van der Waals surface area contributed by atoms with Gasteiger partial charge in [-0.25, -0.2) is 15.0 Å². The van der Waals surface area contributed by atoms with Crippen LogP contribution in [0.4, 0.5) is 0 Å². The topological polar surface area (TPSA) is 319 Å². The van der Waals surface area contributed by atoms with Gasteiger partial charge in [0.25, 0.3) is 0 Å². The van der Waals surface area contributed by atoms with Crippen LogP contribution in [-0.2, 0) is 0 Å². The van der Waals surface area contributed by atoms with Gasteiger partial charge in [-0.1, -0.05) is 5.16 Å². The molecule has 11 rings (SSSR count). The quantitative estimate of drug-likeness (QED) is 0.128. The monoisotopic (exact) mass is 963 g/mol. The zero-order chi connectivity index (χ0) is 48.5. The molecular weight excluding hydrogens is 911 g/mol. The zero-order valence-corrected chi connectivity index (χ0v) is 40.7. The standard InChI is InChI=1S/C5H7N.C5H6O.C5H6S.2C3H5N3.4C3H4N2O.2C3H4N2S/c3*1-5-2-3-6-4-5;2*1-3-4-2-5-6-3;1-3-5-4-2-6-3;1-3-4-2-5-6-3;1-3-2-6-5-4-3;1-3-2-4-5-6-3;1-3-5-4-2-6-3;1-3-4-2-5-6-3/h2-4,6H,1H3;2*2-4H,1H3;2*2H,1H3,(H,4,5,6);6*2H,1H3. The lowest BCUT2D eigenvalue weighted by Crippen LogP contribution is -1.68. The van der Waals surface area contributed by atoms with E-state index in [0.717, 1.165) is 33.1 Å². The molecule has 0 aliphatic heterocycles. The number of hydrogen-bond acceptors (Lipinski definition) is 24. The van der Waals surface area contributed by atoms with Gasteiger partial charge in [-0.2, -0.15) is 30.9 Å². The van der Waals surface area contributed by atoms with Gasteiger partial charge in [0, 0.05) is 36.8 Å². The number of nitrogens with one attached hydrogen (secondary N) is 3. The fraction of sp³-hybridized carbons (Fsp3) is 0.282. The Balaban J connectivity index is 0.000000363. The highest BCUT2D eigenvalue weighted by Gasteiger charge is 1.83. The van der Waals surface area contributed by atoms with Crippen LogP contribution in [0.15, 0.2) is 126 Å². The molecule has 0 amide bonds. The first kappa shape index (κ1) is 56.2. The van der Waals surface area contributed by atoms with Crippen molar-refractivity contribution in [2.45, 2.75) is 76.2 Å². The van der Waals surface area contributed by atoms with Crippen LogP contribution in [0.25, 0.3) is 0 Å². The van der Waals surface area contributed by atoms with Gasteiger partial charge in [0.15, 0.2) is 12.1 Å². The van der Waals surface area contributed by atoms with Gasteiger partial charge < -0.3 is 27.4 Å². The van der Waals surface area contributed by atoms with Gasteiger partial charge in [0.05, 0.1) is 18.7 Å². The van der Waals surface area contributed by atoms with Crippen molar-refractivity contribution in [1.82, 2.24) is 96.0 Å². The Labute approximate surface area is 392 Å². The van der Waals surface area contributed by atoms with Crippen molar-refractivity contribution in [3.05, 3.63) is 165 Å². The van der Waals surface area contributed by atoms with Gasteiger partial charge in [-0.15, -0.1) is 41.9 Å². The van der Waals surface area contributed by atoms with E-state index in [1.54, 1.807) is 74.0 Å². The normalized spacial score (nSPS) is 8.83. The number of nitrogens with zero attached hydrogens (tertiary/aromatic N) is 16. The molecule has 0 aliphatic rings. The fourth-order valence-corrected chi connectivity index (χ4v) is 4.29. The molecule has 11 heterocycles. The molecule has 0 unspecified atom stereocenters. The third-order valence-electron chi connectivity index (χ3n) is 5.97. The lowest BCUT2D eigenvalue weighted by molar-refractivity contribution is 0.374. The third-order valence-corrected chi connectivity index (χ3v) is 7.97. The lowest BCUT2D eigenvalue weighted by atomic mass is 10.4. The Hall–Kier alpha value is -7.78. The summed E-state index contributed by atoms with van der Waals surface area (Å²) in [5, 5.41) is 49.5. The average molecular weight is 964 g/mol. The molecular formula is C39H53N19O5S3. The Morgan fingerprint density at radius 2 is 1.38 bits per heavy atom. The summed E-state index contributed by atoms with van der Waals surface area (Å²) < 4.78 is 26.4. The maximum Gasteiger partial charge on any atom is 0.223 e. The summed E-state index contributed by atoms with van der Waals surface area (Å²) in [7, 11) is 0. The van der Waals surface area contributed by atoms with Crippen LogP contribution in [0.5, 0.6) is 0 Å². The molecule has 66 heavy (non-hydrogen) atoms. The molecule has 352 valence electrons. The van der Waals surface area contributed by atoms with E-state index >= 15 is 0 Å². The predicted octanol–water partition coefficient (Wildman–Crippen LogP) is 8.40. The van der Waals surface area contributed by atoms with E-state index in [9.17, 15) is 0 Å². The molecule has 0 aliphatic carbocycles. The smallest absolute Gasteiger partial charge is 0.223 e. The molecule has 0 saturated carbocycles. The minimum absolute atomic E-state index is 0.606. The highest BCUT2D eigenvalue weighted by molar-refractivity contribution is 7.09. The van der Waals surface area contributed by atoms with Crippen molar-refractivity contribution < 1.29 is 22.4 Å². The van der Waals surface area contributed by atoms with Crippen molar-refractivity contribution >= 4 is 34.2 Å². The fourth-order valence-electron chi connectivity index (χ4n) is 2.95. The lowest BCUT2D eigenvalue weighted by Gasteiger charge is -1.66. The number of aryl methyl sites for hydroxylation is 11. The van der Waals surface area contributed by atoms with E-state index in [4.69, 9.17) is 4.42 Å². The number of H-pyrrole nitrogens is 3. The molecule has 0 spiro atoms. The summed E-state index contributed by atoms with van der Waals surface area (Å²) in [5.74, 6) is 3.67. The SMILES string of the molecule is Cc1cc[nH]c1.Cc1ccoc1.Cc1ccsc1.Cc1cnno1.Cc1conn1.Cc1ncn[nH]1.Cc1ncn[nH]1.Cc1ncno1.Cc1ncns1.Cc1nnco1.Cc1nncs1. The first-order chi connectivity index (χ1) is 31.8. The minimum Gasteiger partial charge on any atom is -0.472 e. The number of furan rings is 1. The largest absolute Gasteiger partial charge is 0.472 e. The molecule has 3 N–H and O–H groups in total. The highest BCUT2D eigenvalue weighted by Crippen LogP contribution is 2.01. The van der Waals surface area contributed by atoms with E-state index in [1.165, 1.54) is 59.9 Å². The van der Waals surface area contributed by atoms with Crippen molar-refractivity contribution in [2.75, 3.05) is 0 Å². The summed E-state index contributed by atoms with van der Waals surface area (Å²) in [6.45, 7) is 20.8. The molecule has 24 nitrogen and oxygen atoms in total. The van der Waals surface area contributed by atoms with E-state index in [-0.39, 0.29) is 0 Å².